The maximum Gasteiger partial charge on any atom is 0.337 e. The van der Waals surface area contributed by atoms with Crippen LogP contribution in [0.25, 0.3) is 0 Å². The zero-order valence-electron chi connectivity index (χ0n) is 9.98. The van der Waals surface area contributed by atoms with E-state index in [2.05, 4.69) is 10.1 Å². The number of anilines is 1. The van der Waals surface area contributed by atoms with E-state index in [1.165, 1.54) is 7.11 Å². The molecule has 92 valence electrons. The monoisotopic (exact) mass is 237 g/mol. The Balaban J connectivity index is 2.90. The smallest absolute Gasteiger partial charge is 0.337 e. The van der Waals surface area contributed by atoms with Gasteiger partial charge in [0, 0.05) is 5.69 Å². The highest BCUT2D eigenvalue weighted by Crippen LogP contribution is 2.18. The number of aliphatic carboxylic acids is 1. The molecular formula is C12H15NO4. The number of methoxy groups -OCH3 is 1. The van der Waals surface area contributed by atoms with Gasteiger partial charge in [-0.2, -0.15) is 0 Å². The molecule has 0 saturated carbocycles. The van der Waals surface area contributed by atoms with E-state index in [0.29, 0.717) is 11.3 Å². The number of carboxylic acids is 1. The van der Waals surface area contributed by atoms with E-state index in [1.807, 2.05) is 0 Å². The molecule has 0 fully saturated rings. The highest BCUT2D eigenvalue weighted by Gasteiger charge is 2.12. The fourth-order valence-corrected chi connectivity index (χ4v) is 1.37. The molecular weight excluding hydrogens is 222 g/mol. The van der Waals surface area contributed by atoms with Crippen LogP contribution in [-0.2, 0) is 9.53 Å². The SMILES string of the molecule is COC(=O)c1ccc(NC(C)C(=O)O)c(C)c1. The van der Waals surface area contributed by atoms with Gasteiger partial charge in [-0.3, -0.25) is 4.79 Å². The van der Waals surface area contributed by atoms with E-state index >= 15 is 0 Å². The number of aryl methyl sites for hydroxylation is 1. The molecule has 5 heteroatoms. The van der Waals surface area contributed by atoms with E-state index in [1.54, 1.807) is 32.0 Å². The summed E-state index contributed by atoms with van der Waals surface area (Å²) >= 11 is 0. The molecule has 2 N–H and O–H groups in total. The first-order chi connectivity index (χ1) is 7.95. The van der Waals surface area contributed by atoms with Gasteiger partial charge in [0.1, 0.15) is 6.04 Å². The average Bonchev–Trinajstić information content (AvgIpc) is 2.30. The van der Waals surface area contributed by atoms with Gasteiger partial charge >= 0.3 is 11.9 Å². The van der Waals surface area contributed by atoms with Crippen LogP contribution >= 0.6 is 0 Å². The summed E-state index contributed by atoms with van der Waals surface area (Å²) in [5.74, 6) is -1.34. The third-order valence-electron chi connectivity index (χ3n) is 2.39. The zero-order valence-corrected chi connectivity index (χ0v) is 9.98. The number of ether oxygens (including phenoxy) is 1. The molecule has 0 bridgehead atoms. The summed E-state index contributed by atoms with van der Waals surface area (Å²) in [7, 11) is 1.32. The largest absolute Gasteiger partial charge is 0.480 e. The predicted octanol–water partition coefficient (Wildman–Crippen LogP) is 1.67. The second-order valence-electron chi connectivity index (χ2n) is 3.73. The Labute approximate surface area is 99.4 Å². The van der Waals surface area contributed by atoms with Crippen molar-refractivity contribution in [3.05, 3.63) is 29.3 Å². The average molecular weight is 237 g/mol. The predicted molar refractivity (Wildman–Crippen MR) is 63.2 cm³/mol. The molecule has 17 heavy (non-hydrogen) atoms. The van der Waals surface area contributed by atoms with Crippen molar-refractivity contribution in [2.45, 2.75) is 19.9 Å². The van der Waals surface area contributed by atoms with Crippen LogP contribution in [0, 0.1) is 6.92 Å². The first-order valence-electron chi connectivity index (χ1n) is 5.14. The van der Waals surface area contributed by atoms with E-state index in [-0.39, 0.29) is 0 Å². The Morgan fingerprint density at radius 3 is 2.53 bits per heavy atom. The van der Waals surface area contributed by atoms with Crippen molar-refractivity contribution < 1.29 is 19.4 Å². The highest BCUT2D eigenvalue weighted by atomic mass is 16.5. The fraction of sp³-hybridized carbons (Fsp3) is 0.333. The number of hydrogen-bond acceptors (Lipinski definition) is 4. The van der Waals surface area contributed by atoms with Gasteiger partial charge in [-0.05, 0) is 37.6 Å². The van der Waals surface area contributed by atoms with Crippen molar-refractivity contribution in [3.8, 4) is 0 Å². The van der Waals surface area contributed by atoms with Crippen LogP contribution in [0.3, 0.4) is 0 Å². The summed E-state index contributed by atoms with van der Waals surface area (Å²) in [6, 6.07) is 4.23. The topological polar surface area (TPSA) is 75.6 Å². The standard InChI is InChI=1S/C12H15NO4/c1-7-6-9(12(16)17-3)4-5-10(7)13-8(2)11(14)15/h4-6,8,13H,1-3H3,(H,14,15). The molecule has 1 aromatic carbocycles. The Bertz CT molecular complexity index is 442. The van der Waals surface area contributed by atoms with Crippen molar-refractivity contribution in [1.82, 2.24) is 0 Å². The Kier molecular flexibility index (Phi) is 4.09. The number of carbonyl (C=O) groups excluding carboxylic acids is 1. The molecule has 1 aromatic rings. The number of hydrogen-bond donors (Lipinski definition) is 2. The first-order valence-corrected chi connectivity index (χ1v) is 5.14. The minimum Gasteiger partial charge on any atom is -0.480 e. The molecule has 0 aliphatic heterocycles. The number of carboxylic acid groups (broad SMARTS) is 1. The lowest BCUT2D eigenvalue weighted by Crippen LogP contribution is -2.25. The number of rotatable bonds is 4. The molecule has 0 spiro atoms. The van der Waals surface area contributed by atoms with Gasteiger partial charge in [-0.1, -0.05) is 0 Å². The third-order valence-corrected chi connectivity index (χ3v) is 2.39. The van der Waals surface area contributed by atoms with Gasteiger partial charge in [0.05, 0.1) is 12.7 Å². The first kappa shape index (κ1) is 13.0. The summed E-state index contributed by atoms with van der Waals surface area (Å²) in [4.78, 5) is 22.0. The minimum atomic E-state index is -0.929. The Hall–Kier alpha value is -2.04. The van der Waals surface area contributed by atoms with Crippen LogP contribution in [0.4, 0.5) is 5.69 Å². The lowest BCUT2D eigenvalue weighted by atomic mass is 10.1. The van der Waals surface area contributed by atoms with Crippen molar-refractivity contribution in [2.75, 3.05) is 12.4 Å². The molecule has 5 nitrogen and oxygen atoms in total. The number of nitrogens with one attached hydrogen (secondary N) is 1. The number of benzene rings is 1. The van der Waals surface area contributed by atoms with Gasteiger partial charge in [-0.15, -0.1) is 0 Å². The maximum atomic E-state index is 11.3. The summed E-state index contributed by atoms with van der Waals surface area (Å²) in [5.41, 5.74) is 1.92. The molecule has 0 heterocycles. The van der Waals surface area contributed by atoms with Crippen LogP contribution in [0.5, 0.6) is 0 Å². The van der Waals surface area contributed by atoms with Crippen LogP contribution in [0.15, 0.2) is 18.2 Å². The van der Waals surface area contributed by atoms with Gasteiger partial charge in [0.15, 0.2) is 0 Å². The summed E-state index contributed by atoms with van der Waals surface area (Å²) in [6.45, 7) is 3.35. The van der Waals surface area contributed by atoms with Crippen LogP contribution in [-0.4, -0.2) is 30.2 Å². The van der Waals surface area contributed by atoms with E-state index < -0.39 is 18.0 Å². The molecule has 0 aromatic heterocycles. The molecule has 0 aliphatic carbocycles. The third kappa shape index (κ3) is 3.21. The highest BCUT2D eigenvalue weighted by molar-refractivity contribution is 5.90. The normalized spacial score (nSPS) is 11.7. The van der Waals surface area contributed by atoms with Crippen LogP contribution in [0.2, 0.25) is 0 Å². The lowest BCUT2D eigenvalue weighted by molar-refractivity contribution is -0.137. The zero-order chi connectivity index (χ0) is 13.0. The fourth-order valence-electron chi connectivity index (χ4n) is 1.37. The minimum absolute atomic E-state index is 0.411. The van der Waals surface area contributed by atoms with Crippen molar-refractivity contribution in [1.29, 1.82) is 0 Å². The number of carbonyl (C=O) groups is 2. The molecule has 0 aliphatic rings. The van der Waals surface area contributed by atoms with Crippen LogP contribution < -0.4 is 5.32 Å². The molecule has 1 unspecified atom stereocenters. The van der Waals surface area contributed by atoms with Crippen molar-refractivity contribution in [3.63, 3.8) is 0 Å². The Morgan fingerprint density at radius 2 is 2.06 bits per heavy atom. The number of esters is 1. The Morgan fingerprint density at radius 1 is 1.41 bits per heavy atom. The maximum absolute atomic E-state index is 11.3. The quantitative estimate of drug-likeness (QED) is 0.779. The van der Waals surface area contributed by atoms with Gasteiger partial charge in [0.2, 0.25) is 0 Å². The molecule has 1 atom stereocenters. The molecule has 1 rings (SSSR count). The molecule has 0 radical (unpaired) electrons. The molecule has 0 saturated heterocycles. The second kappa shape index (κ2) is 5.34. The van der Waals surface area contributed by atoms with E-state index in [4.69, 9.17) is 5.11 Å². The summed E-state index contributed by atoms with van der Waals surface area (Å²) < 4.78 is 4.60. The molecule has 0 amide bonds. The lowest BCUT2D eigenvalue weighted by Gasteiger charge is -2.13. The van der Waals surface area contributed by atoms with Crippen molar-refractivity contribution >= 4 is 17.6 Å². The summed E-state index contributed by atoms with van der Waals surface area (Å²) in [5, 5.41) is 11.6. The van der Waals surface area contributed by atoms with Gasteiger partial charge in [0.25, 0.3) is 0 Å². The second-order valence-corrected chi connectivity index (χ2v) is 3.73. The van der Waals surface area contributed by atoms with E-state index in [9.17, 15) is 9.59 Å². The van der Waals surface area contributed by atoms with Gasteiger partial charge in [-0.25, -0.2) is 4.79 Å². The van der Waals surface area contributed by atoms with Crippen molar-refractivity contribution in [2.24, 2.45) is 0 Å². The van der Waals surface area contributed by atoms with Gasteiger partial charge < -0.3 is 15.2 Å². The van der Waals surface area contributed by atoms with Crippen LogP contribution in [0.1, 0.15) is 22.8 Å². The summed E-state index contributed by atoms with van der Waals surface area (Å²) in [6.07, 6.45) is 0. The van der Waals surface area contributed by atoms with E-state index in [0.717, 1.165) is 5.56 Å².